The predicted octanol–water partition coefficient (Wildman–Crippen LogP) is 2.10. The van der Waals surface area contributed by atoms with Gasteiger partial charge in [0.25, 0.3) is 0 Å². The number of fused-ring (bicyclic) bond motifs is 1. The summed E-state index contributed by atoms with van der Waals surface area (Å²) in [7, 11) is 0. The molecule has 0 bridgehead atoms. The van der Waals surface area contributed by atoms with Crippen molar-refractivity contribution in [1.82, 2.24) is 5.32 Å². The van der Waals surface area contributed by atoms with E-state index in [9.17, 15) is 9.90 Å². The van der Waals surface area contributed by atoms with Crippen LogP contribution in [0.15, 0.2) is 18.2 Å². The molecule has 0 aromatic heterocycles. The molecule has 0 aliphatic heterocycles. The second kappa shape index (κ2) is 5.83. The van der Waals surface area contributed by atoms with Gasteiger partial charge in [-0.1, -0.05) is 12.1 Å². The Morgan fingerprint density at radius 3 is 3.00 bits per heavy atom. The smallest absolute Gasteiger partial charge is 0.223 e. The molecule has 1 aromatic carbocycles. The molecule has 3 rings (SSSR count). The van der Waals surface area contributed by atoms with Crippen molar-refractivity contribution < 1.29 is 14.6 Å². The Hall–Kier alpha value is -1.55. The topological polar surface area (TPSA) is 58.6 Å². The third kappa shape index (κ3) is 3.12. The van der Waals surface area contributed by atoms with Crippen molar-refractivity contribution in [3.8, 4) is 5.75 Å². The number of aliphatic hydroxyl groups is 1. The van der Waals surface area contributed by atoms with Gasteiger partial charge in [-0.3, -0.25) is 4.79 Å². The molecule has 1 unspecified atom stereocenters. The van der Waals surface area contributed by atoms with Gasteiger partial charge in [0, 0.05) is 6.04 Å². The van der Waals surface area contributed by atoms with Crippen molar-refractivity contribution in [2.24, 2.45) is 0 Å². The molecular weight excluding hydrogens is 254 g/mol. The lowest BCUT2D eigenvalue weighted by atomic mass is 9.89. The third-order valence-corrected chi connectivity index (χ3v) is 3.96. The molecule has 0 heterocycles. The minimum Gasteiger partial charge on any atom is -0.493 e. The molecule has 2 aliphatic carbocycles. The zero-order valence-corrected chi connectivity index (χ0v) is 11.6. The molecule has 20 heavy (non-hydrogen) atoms. The number of carbonyl (C=O) groups is 1. The van der Waals surface area contributed by atoms with Crippen LogP contribution in [0, 0.1) is 0 Å². The van der Waals surface area contributed by atoms with Crippen LogP contribution in [0.3, 0.4) is 0 Å². The largest absolute Gasteiger partial charge is 0.493 e. The fourth-order valence-corrected chi connectivity index (χ4v) is 2.71. The Bertz CT molecular complexity index is 496. The van der Waals surface area contributed by atoms with E-state index in [0.717, 1.165) is 49.0 Å². The molecule has 108 valence electrons. The fourth-order valence-electron chi connectivity index (χ4n) is 2.71. The Morgan fingerprint density at radius 1 is 1.35 bits per heavy atom. The normalized spacial score (nSPS) is 21.1. The second-order valence-corrected chi connectivity index (χ2v) is 5.67. The number of benzene rings is 1. The van der Waals surface area contributed by atoms with Crippen LogP contribution in [-0.4, -0.2) is 23.7 Å². The summed E-state index contributed by atoms with van der Waals surface area (Å²) in [6.07, 6.45) is 4.98. The maximum Gasteiger partial charge on any atom is 0.223 e. The zero-order valence-electron chi connectivity index (χ0n) is 11.6. The van der Waals surface area contributed by atoms with E-state index in [2.05, 4.69) is 5.32 Å². The van der Waals surface area contributed by atoms with Gasteiger partial charge in [0.1, 0.15) is 5.75 Å². The predicted molar refractivity (Wildman–Crippen MR) is 75.6 cm³/mol. The Morgan fingerprint density at radius 2 is 2.20 bits per heavy atom. The molecule has 0 spiro atoms. The quantitative estimate of drug-likeness (QED) is 0.865. The molecular formula is C16H21NO3. The van der Waals surface area contributed by atoms with Gasteiger partial charge in [-0.2, -0.15) is 0 Å². The Kier molecular flexibility index (Phi) is 3.92. The highest BCUT2D eigenvalue weighted by molar-refractivity contribution is 5.76. The zero-order chi connectivity index (χ0) is 13.9. The summed E-state index contributed by atoms with van der Waals surface area (Å²) < 4.78 is 5.75. The molecule has 2 aliphatic rings. The van der Waals surface area contributed by atoms with Crippen LogP contribution in [0.4, 0.5) is 0 Å². The Labute approximate surface area is 119 Å². The summed E-state index contributed by atoms with van der Waals surface area (Å²) in [5.41, 5.74) is 2.09. The van der Waals surface area contributed by atoms with Crippen LogP contribution in [0.1, 0.15) is 49.3 Å². The fraction of sp³-hybridized carbons (Fsp3) is 0.562. The van der Waals surface area contributed by atoms with Crippen LogP contribution in [0.25, 0.3) is 0 Å². The van der Waals surface area contributed by atoms with E-state index in [4.69, 9.17) is 4.74 Å². The van der Waals surface area contributed by atoms with Crippen LogP contribution in [0.2, 0.25) is 0 Å². The number of carbonyl (C=O) groups excluding carboxylic acids is 1. The maximum atomic E-state index is 11.6. The number of aliphatic hydroxyl groups excluding tert-OH is 1. The maximum absolute atomic E-state index is 11.6. The molecule has 1 saturated carbocycles. The standard InChI is InChI=1S/C16H21NO3/c18-14-5-1-4-13-12(14)3-2-6-15(13)20-10-9-16(19)17-11-7-8-11/h2-3,6,11,14,18H,1,4-5,7-10H2,(H,17,19). The first-order valence-electron chi connectivity index (χ1n) is 7.46. The summed E-state index contributed by atoms with van der Waals surface area (Å²) in [5.74, 6) is 0.887. The van der Waals surface area contributed by atoms with Crippen molar-refractivity contribution in [2.75, 3.05) is 6.61 Å². The summed E-state index contributed by atoms with van der Waals surface area (Å²) in [4.78, 5) is 11.6. The van der Waals surface area contributed by atoms with Crippen LogP contribution >= 0.6 is 0 Å². The van der Waals surface area contributed by atoms with Gasteiger partial charge in [-0.25, -0.2) is 0 Å². The first-order chi connectivity index (χ1) is 9.74. The lowest BCUT2D eigenvalue weighted by molar-refractivity contribution is -0.121. The number of amides is 1. The van der Waals surface area contributed by atoms with Gasteiger partial charge >= 0.3 is 0 Å². The highest BCUT2D eigenvalue weighted by Crippen LogP contribution is 2.35. The van der Waals surface area contributed by atoms with Crippen molar-refractivity contribution in [1.29, 1.82) is 0 Å². The average molecular weight is 275 g/mol. The molecule has 1 atom stereocenters. The lowest BCUT2D eigenvalue weighted by Crippen LogP contribution is -2.26. The average Bonchev–Trinajstić information content (AvgIpc) is 3.24. The van der Waals surface area contributed by atoms with Crippen LogP contribution in [-0.2, 0) is 11.2 Å². The lowest BCUT2D eigenvalue weighted by Gasteiger charge is -2.23. The van der Waals surface area contributed by atoms with Crippen LogP contribution in [0.5, 0.6) is 5.75 Å². The first kappa shape index (κ1) is 13.4. The molecule has 1 fully saturated rings. The van der Waals surface area contributed by atoms with Crippen molar-refractivity contribution in [2.45, 2.75) is 50.7 Å². The second-order valence-electron chi connectivity index (χ2n) is 5.67. The van der Waals surface area contributed by atoms with Gasteiger partial charge in [0.2, 0.25) is 5.91 Å². The SMILES string of the molecule is O=C(CCOc1cccc2c1CCCC2O)NC1CC1. The molecule has 1 amide bonds. The monoisotopic (exact) mass is 275 g/mol. The molecule has 0 radical (unpaired) electrons. The summed E-state index contributed by atoms with van der Waals surface area (Å²) in [6, 6.07) is 6.20. The highest BCUT2D eigenvalue weighted by atomic mass is 16.5. The van der Waals surface area contributed by atoms with E-state index in [1.807, 2.05) is 18.2 Å². The van der Waals surface area contributed by atoms with E-state index < -0.39 is 0 Å². The minimum absolute atomic E-state index is 0.0670. The molecule has 4 nitrogen and oxygen atoms in total. The van der Waals surface area contributed by atoms with Gasteiger partial charge < -0.3 is 15.2 Å². The number of hydrogen-bond donors (Lipinski definition) is 2. The summed E-state index contributed by atoms with van der Waals surface area (Å²) in [6.45, 7) is 0.394. The highest BCUT2D eigenvalue weighted by Gasteiger charge is 2.23. The molecule has 2 N–H and O–H groups in total. The van der Waals surface area contributed by atoms with E-state index in [-0.39, 0.29) is 12.0 Å². The molecule has 1 aromatic rings. The summed E-state index contributed by atoms with van der Waals surface area (Å²) >= 11 is 0. The van der Waals surface area contributed by atoms with Crippen molar-refractivity contribution in [3.63, 3.8) is 0 Å². The number of rotatable bonds is 5. The van der Waals surface area contributed by atoms with Crippen molar-refractivity contribution in [3.05, 3.63) is 29.3 Å². The van der Waals surface area contributed by atoms with E-state index >= 15 is 0 Å². The molecule has 4 heteroatoms. The number of nitrogens with one attached hydrogen (secondary N) is 1. The van der Waals surface area contributed by atoms with E-state index in [1.54, 1.807) is 0 Å². The van der Waals surface area contributed by atoms with Crippen molar-refractivity contribution >= 4 is 5.91 Å². The summed E-state index contributed by atoms with van der Waals surface area (Å²) in [5, 5.41) is 12.9. The van der Waals surface area contributed by atoms with Crippen LogP contribution < -0.4 is 10.1 Å². The first-order valence-corrected chi connectivity index (χ1v) is 7.46. The van der Waals surface area contributed by atoms with E-state index in [1.165, 1.54) is 0 Å². The van der Waals surface area contributed by atoms with Gasteiger partial charge in [0.05, 0.1) is 19.1 Å². The Balaban J connectivity index is 1.57. The van der Waals surface area contributed by atoms with E-state index in [0.29, 0.717) is 19.1 Å². The third-order valence-electron chi connectivity index (χ3n) is 3.96. The van der Waals surface area contributed by atoms with Gasteiger partial charge in [-0.05, 0) is 49.3 Å². The van der Waals surface area contributed by atoms with Gasteiger partial charge in [0.15, 0.2) is 0 Å². The number of ether oxygens (including phenoxy) is 1. The number of hydrogen-bond acceptors (Lipinski definition) is 3. The minimum atomic E-state index is -0.375. The molecule has 0 saturated heterocycles. The van der Waals surface area contributed by atoms with Gasteiger partial charge in [-0.15, -0.1) is 0 Å².